The number of rotatable bonds is 0. The molecule has 22 heavy (non-hydrogen) atoms. The zero-order valence-electron chi connectivity index (χ0n) is 12.8. The summed E-state index contributed by atoms with van der Waals surface area (Å²) in [6.45, 7) is 0. The van der Waals surface area contributed by atoms with E-state index in [0.29, 0.717) is 0 Å². The Balaban J connectivity index is 1.34. The van der Waals surface area contributed by atoms with Crippen LogP contribution in [0.4, 0.5) is 0 Å². The number of hydrogen-bond acceptors (Lipinski definition) is 1. The van der Waals surface area contributed by atoms with Gasteiger partial charge in [0.25, 0.3) is 0 Å². The second-order valence-electron chi connectivity index (χ2n) is 12.3. The van der Waals surface area contributed by atoms with E-state index in [-0.39, 0.29) is 0 Å². The molecule has 12 rings (SSSR count). The Morgan fingerprint density at radius 3 is 1.95 bits per heavy atom. The third kappa shape index (κ3) is 0.267. The fourth-order valence-corrected chi connectivity index (χ4v) is 17.5. The molecule has 16 atom stereocenters. The topological polar surface area (TPSA) is 12.0 Å². The van der Waals surface area contributed by atoms with Gasteiger partial charge in [0.2, 0.25) is 0 Å². The molecule has 1 heteroatoms. The molecule has 11 saturated carbocycles. The third-order valence-electron chi connectivity index (χ3n) is 15.1. The van der Waals surface area contributed by atoms with E-state index in [1.54, 1.807) is 32.1 Å². The lowest BCUT2D eigenvalue weighted by Crippen LogP contribution is -3.30. The quantitative estimate of drug-likeness (QED) is 0.721. The Hall–Kier alpha value is -0.0400. The van der Waals surface area contributed by atoms with Crippen molar-refractivity contribution in [2.24, 2.45) is 79.8 Å². The number of hydrogen-bond donors (Lipinski definition) is 1. The first-order valence-electron chi connectivity index (χ1n) is 10.6. The highest BCUT2D eigenvalue weighted by atomic mass is 15.4. The SMILES string of the molecule is C1CC2C3C4CC5C6CC7C8C9CC%10NC1C21C%109C82C67C54C312. The highest BCUT2D eigenvalue weighted by Gasteiger charge is 3.32. The Morgan fingerprint density at radius 1 is 0.545 bits per heavy atom. The van der Waals surface area contributed by atoms with E-state index in [9.17, 15) is 0 Å². The van der Waals surface area contributed by atoms with Crippen LogP contribution in [-0.2, 0) is 0 Å². The standard InChI is InChI=1S/C21H21N/c1-2-12-18-6(1)14-9-3-7-8-4-10-15-11-5-13(22-12)19(11,18)21(15)17(8,10)16(7,9)20(14,18)21/h6-15,22H,1-5H2. The summed E-state index contributed by atoms with van der Waals surface area (Å²) in [6, 6.07) is 2.04. The molecule has 12 aliphatic rings. The molecule has 1 aliphatic heterocycles. The van der Waals surface area contributed by atoms with E-state index in [0.717, 1.165) is 44.6 Å². The van der Waals surface area contributed by atoms with Crippen LogP contribution in [0.25, 0.3) is 0 Å². The van der Waals surface area contributed by atoms with E-state index in [1.165, 1.54) is 47.3 Å². The van der Waals surface area contributed by atoms with Gasteiger partial charge in [0, 0.05) is 22.9 Å². The number of fused-ring (bicyclic) bond motifs is 5. The largest absolute Gasteiger partial charge is 0.310 e. The second-order valence-corrected chi connectivity index (χ2v) is 12.3. The summed E-state index contributed by atoms with van der Waals surface area (Å²) in [6.07, 6.45) is 8.29. The van der Waals surface area contributed by atoms with Crippen molar-refractivity contribution in [3.05, 3.63) is 0 Å². The molecule has 0 aromatic rings. The first kappa shape index (κ1) is 8.88. The van der Waals surface area contributed by atoms with E-state index in [4.69, 9.17) is 0 Å². The molecular formula is C21H21N. The Labute approximate surface area is 130 Å². The maximum atomic E-state index is 4.31. The number of nitrogens with one attached hydrogen (secondary N) is 1. The molecule has 1 heterocycles. The molecule has 6 spiro atoms. The van der Waals surface area contributed by atoms with Crippen molar-refractivity contribution >= 4 is 0 Å². The van der Waals surface area contributed by atoms with Gasteiger partial charge in [0.05, 0.1) is 0 Å². The Bertz CT molecular complexity index is 894. The minimum atomic E-state index is 0.931. The maximum absolute atomic E-state index is 4.31. The van der Waals surface area contributed by atoms with Crippen LogP contribution in [0.15, 0.2) is 0 Å². The predicted molar refractivity (Wildman–Crippen MR) is 76.3 cm³/mol. The van der Waals surface area contributed by atoms with Crippen LogP contribution in [0, 0.1) is 79.8 Å². The van der Waals surface area contributed by atoms with E-state index < -0.39 is 0 Å². The smallest absolute Gasteiger partial charge is 0.0144 e. The molecule has 110 valence electrons. The summed E-state index contributed by atoms with van der Waals surface area (Å²) in [7, 11) is 0. The molecule has 0 radical (unpaired) electrons. The predicted octanol–water partition coefficient (Wildman–Crippen LogP) is 2.27. The van der Waals surface area contributed by atoms with Crippen molar-refractivity contribution in [1.82, 2.24) is 5.32 Å². The van der Waals surface area contributed by atoms with Gasteiger partial charge in [-0.25, -0.2) is 0 Å². The molecule has 1 saturated heterocycles. The normalized spacial score (nSPS) is 108. The average Bonchev–Trinajstić information content (AvgIpc) is 2.85. The molecule has 0 amide bonds. The molecular weight excluding hydrogens is 266 g/mol. The molecule has 0 aromatic carbocycles. The molecule has 11 aliphatic carbocycles. The second kappa shape index (κ2) is 1.61. The average molecular weight is 287 g/mol. The lowest BCUT2D eigenvalue weighted by molar-refractivity contribution is -0.857. The van der Waals surface area contributed by atoms with Crippen LogP contribution in [-0.4, -0.2) is 12.1 Å². The third-order valence-corrected chi connectivity index (χ3v) is 15.1. The molecule has 0 bridgehead atoms. The molecule has 16 unspecified atom stereocenters. The lowest BCUT2D eigenvalue weighted by atomic mass is 8.71. The van der Waals surface area contributed by atoms with Gasteiger partial charge in [-0.2, -0.15) is 0 Å². The maximum Gasteiger partial charge on any atom is 0.0144 e. The van der Waals surface area contributed by atoms with E-state index in [2.05, 4.69) is 5.32 Å². The van der Waals surface area contributed by atoms with Crippen molar-refractivity contribution < 1.29 is 0 Å². The van der Waals surface area contributed by atoms with Crippen molar-refractivity contribution in [3.63, 3.8) is 0 Å². The monoisotopic (exact) mass is 287 g/mol. The van der Waals surface area contributed by atoms with E-state index in [1.807, 2.05) is 0 Å². The lowest BCUT2D eigenvalue weighted by Gasteiger charge is -3.31. The summed E-state index contributed by atoms with van der Waals surface area (Å²) < 4.78 is 0. The first-order valence-corrected chi connectivity index (χ1v) is 10.6. The highest BCUT2D eigenvalue weighted by Crippen LogP contribution is 3.33. The van der Waals surface area contributed by atoms with Crippen molar-refractivity contribution in [3.8, 4) is 0 Å². The van der Waals surface area contributed by atoms with Crippen molar-refractivity contribution in [2.75, 3.05) is 0 Å². The van der Waals surface area contributed by atoms with Gasteiger partial charge in [-0.05, 0) is 101 Å². The minimum absolute atomic E-state index is 0.931. The molecule has 0 aromatic heterocycles. The molecule has 1 N–H and O–H groups in total. The van der Waals surface area contributed by atoms with Gasteiger partial charge in [-0.1, -0.05) is 0 Å². The summed E-state index contributed by atoms with van der Waals surface area (Å²) in [5, 5.41) is 4.31. The molecule has 1 nitrogen and oxygen atoms in total. The van der Waals surface area contributed by atoms with Gasteiger partial charge in [0.1, 0.15) is 0 Å². The van der Waals surface area contributed by atoms with E-state index >= 15 is 0 Å². The zero-order chi connectivity index (χ0) is 13.0. The van der Waals surface area contributed by atoms with Crippen LogP contribution < -0.4 is 5.32 Å². The van der Waals surface area contributed by atoms with Gasteiger partial charge in [-0.15, -0.1) is 0 Å². The summed E-state index contributed by atoms with van der Waals surface area (Å²) in [4.78, 5) is 0. The van der Waals surface area contributed by atoms with Crippen LogP contribution in [0.1, 0.15) is 32.1 Å². The van der Waals surface area contributed by atoms with Gasteiger partial charge in [-0.3, -0.25) is 0 Å². The summed E-state index contributed by atoms with van der Waals surface area (Å²) >= 11 is 0. The van der Waals surface area contributed by atoms with Crippen molar-refractivity contribution in [2.45, 2.75) is 44.2 Å². The summed E-state index contributed by atoms with van der Waals surface area (Å²) in [5.41, 5.74) is 5.99. The van der Waals surface area contributed by atoms with Crippen LogP contribution >= 0.6 is 0 Å². The Kier molecular flexibility index (Phi) is 0.651. The van der Waals surface area contributed by atoms with Crippen LogP contribution in [0.5, 0.6) is 0 Å². The first-order chi connectivity index (χ1) is 10.9. The van der Waals surface area contributed by atoms with Crippen LogP contribution in [0.3, 0.4) is 0 Å². The molecule has 12 fully saturated rings. The van der Waals surface area contributed by atoms with Gasteiger partial charge in [0.15, 0.2) is 0 Å². The fraction of sp³-hybridized carbons (Fsp3) is 1.00. The van der Waals surface area contributed by atoms with Crippen molar-refractivity contribution in [1.29, 1.82) is 0 Å². The fourth-order valence-electron chi connectivity index (χ4n) is 17.5. The highest BCUT2D eigenvalue weighted by molar-refractivity contribution is 5.78. The Morgan fingerprint density at radius 2 is 1.18 bits per heavy atom. The van der Waals surface area contributed by atoms with Gasteiger partial charge >= 0.3 is 0 Å². The minimum Gasteiger partial charge on any atom is -0.310 e. The zero-order valence-corrected chi connectivity index (χ0v) is 12.8. The van der Waals surface area contributed by atoms with Gasteiger partial charge < -0.3 is 5.32 Å². The van der Waals surface area contributed by atoms with Crippen LogP contribution in [0.2, 0.25) is 0 Å². The summed E-state index contributed by atoms with van der Waals surface area (Å²) in [5.74, 6) is 10.2.